The molecule has 2 nitrogen and oxygen atoms in total. The van der Waals surface area contributed by atoms with Crippen molar-refractivity contribution in [2.75, 3.05) is 24.6 Å². The molecule has 2 saturated heterocycles. The lowest BCUT2D eigenvalue weighted by atomic mass is 9.78. The summed E-state index contributed by atoms with van der Waals surface area (Å²) in [6.45, 7) is 7.48. The van der Waals surface area contributed by atoms with Gasteiger partial charge in [0.05, 0.1) is 0 Å². The van der Waals surface area contributed by atoms with E-state index in [2.05, 4.69) is 30.5 Å². The van der Waals surface area contributed by atoms with Crippen molar-refractivity contribution in [3.8, 4) is 0 Å². The van der Waals surface area contributed by atoms with Gasteiger partial charge in [0.15, 0.2) is 0 Å². The third-order valence-electron chi connectivity index (χ3n) is 5.29. The molecule has 104 valence electrons. The van der Waals surface area contributed by atoms with Crippen molar-refractivity contribution in [2.24, 2.45) is 23.0 Å². The summed E-state index contributed by atoms with van der Waals surface area (Å²) in [5.41, 5.74) is 6.86. The zero-order chi connectivity index (χ0) is 12.8. The topological polar surface area (TPSA) is 29.3 Å². The minimum Gasteiger partial charge on any atom is -0.327 e. The van der Waals surface area contributed by atoms with Gasteiger partial charge in [-0.1, -0.05) is 20.3 Å². The Kier molecular flexibility index (Phi) is 3.68. The predicted octanol–water partition coefficient (Wildman–Crippen LogP) is 2.58. The van der Waals surface area contributed by atoms with Crippen LogP contribution in [0.5, 0.6) is 0 Å². The molecule has 18 heavy (non-hydrogen) atoms. The van der Waals surface area contributed by atoms with Gasteiger partial charge in [-0.3, -0.25) is 4.90 Å². The first-order valence-corrected chi connectivity index (χ1v) is 8.78. The monoisotopic (exact) mass is 268 g/mol. The fourth-order valence-corrected chi connectivity index (χ4v) is 5.70. The van der Waals surface area contributed by atoms with Crippen LogP contribution in [0.2, 0.25) is 0 Å². The van der Waals surface area contributed by atoms with Crippen LogP contribution >= 0.6 is 11.8 Å². The molecule has 3 fully saturated rings. The van der Waals surface area contributed by atoms with Gasteiger partial charge in [0.25, 0.3) is 0 Å². The lowest BCUT2D eigenvalue weighted by Crippen LogP contribution is -2.43. The standard InChI is InChI=1S/C15H28N2S/c1-15(2)6-12(9-18-10-15)17-7-11-4-3-5-14(16)13(11)8-17/h11-14H,3-10,16H2,1-2H3. The first-order valence-electron chi connectivity index (χ1n) is 7.62. The number of fused-ring (bicyclic) bond motifs is 1. The third kappa shape index (κ3) is 2.59. The first kappa shape index (κ1) is 13.3. The highest BCUT2D eigenvalue weighted by Crippen LogP contribution is 2.41. The second-order valence-corrected chi connectivity index (χ2v) is 8.54. The van der Waals surface area contributed by atoms with Crippen molar-refractivity contribution in [3.63, 3.8) is 0 Å². The molecule has 0 spiro atoms. The molecule has 3 aliphatic rings. The van der Waals surface area contributed by atoms with Gasteiger partial charge >= 0.3 is 0 Å². The molecule has 1 aliphatic carbocycles. The maximum Gasteiger partial charge on any atom is 0.0192 e. The molecule has 0 aromatic carbocycles. The zero-order valence-corrected chi connectivity index (χ0v) is 12.7. The Bertz CT molecular complexity index is 305. The Hall–Kier alpha value is 0.270. The van der Waals surface area contributed by atoms with Crippen molar-refractivity contribution in [1.29, 1.82) is 0 Å². The molecule has 1 saturated carbocycles. The summed E-state index contributed by atoms with van der Waals surface area (Å²) in [5, 5.41) is 0. The molecule has 0 bridgehead atoms. The lowest BCUT2D eigenvalue weighted by molar-refractivity contribution is 0.182. The third-order valence-corrected chi connectivity index (χ3v) is 6.90. The highest BCUT2D eigenvalue weighted by atomic mass is 32.2. The van der Waals surface area contributed by atoms with Crippen LogP contribution in [0, 0.1) is 17.3 Å². The van der Waals surface area contributed by atoms with Crippen LogP contribution < -0.4 is 5.73 Å². The molecule has 4 atom stereocenters. The molecular formula is C15H28N2S. The van der Waals surface area contributed by atoms with Crippen molar-refractivity contribution in [1.82, 2.24) is 4.90 Å². The summed E-state index contributed by atoms with van der Waals surface area (Å²) in [6.07, 6.45) is 5.44. The van der Waals surface area contributed by atoms with Crippen LogP contribution in [0.25, 0.3) is 0 Å². The molecule has 3 heteroatoms. The molecule has 4 unspecified atom stereocenters. The van der Waals surface area contributed by atoms with Crippen LogP contribution in [0.3, 0.4) is 0 Å². The molecule has 0 radical (unpaired) electrons. The second kappa shape index (κ2) is 4.99. The Labute approximate surface area is 116 Å². The van der Waals surface area contributed by atoms with Gasteiger partial charge in [-0.15, -0.1) is 0 Å². The van der Waals surface area contributed by atoms with E-state index in [4.69, 9.17) is 5.73 Å². The number of thioether (sulfide) groups is 1. The quantitative estimate of drug-likeness (QED) is 0.792. The summed E-state index contributed by atoms with van der Waals surface area (Å²) >= 11 is 2.16. The molecule has 3 rings (SSSR count). The Morgan fingerprint density at radius 2 is 2.06 bits per heavy atom. The van der Waals surface area contributed by atoms with Gasteiger partial charge in [-0.05, 0) is 42.3 Å². The highest BCUT2D eigenvalue weighted by molar-refractivity contribution is 7.99. The van der Waals surface area contributed by atoms with Crippen LogP contribution in [-0.2, 0) is 0 Å². The van der Waals surface area contributed by atoms with Crippen LogP contribution in [-0.4, -0.2) is 41.6 Å². The average Bonchev–Trinajstić information content (AvgIpc) is 2.73. The number of rotatable bonds is 1. The lowest BCUT2D eigenvalue weighted by Gasteiger charge is -2.39. The largest absolute Gasteiger partial charge is 0.327 e. The summed E-state index contributed by atoms with van der Waals surface area (Å²) < 4.78 is 0. The van der Waals surface area contributed by atoms with Crippen molar-refractivity contribution >= 4 is 11.8 Å². The smallest absolute Gasteiger partial charge is 0.0192 e. The van der Waals surface area contributed by atoms with E-state index in [0.717, 1.165) is 17.9 Å². The van der Waals surface area contributed by atoms with Gasteiger partial charge in [-0.25, -0.2) is 0 Å². The van der Waals surface area contributed by atoms with E-state index in [1.807, 2.05) is 0 Å². The minimum absolute atomic E-state index is 0.484. The van der Waals surface area contributed by atoms with E-state index in [1.54, 1.807) is 0 Å². The van der Waals surface area contributed by atoms with E-state index < -0.39 is 0 Å². The van der Waals surface area contributed by atoms with Crippen LogP contribution in [0.4, 0.5) is 0 Å². The molecular weight excluding hydrogens is 240 g/mol. The Balaban J connectivity index is 1.64. The average molecular weight is 268 g/mol. The molecule has 2 heterocycles. The van der Waals surface area contributed by atoms with Gasteiger partial charge in [0.1, 0.15) is 0 Å². The minimum atomic E-state index is 0.484. The number of nitrogens with two attached hydrogens (primary N) is 1. The fraction of sp³-hybridized carbons (Fsp3) is 1.00. The molecule has 0 amide bonds. The number of hydrogen-bond donors (Lipinski definition) is 1. The van der Waals surface area contributed by atoms with E-state index in [0.29, 0.717) is 11.5 Å². The van der Waals surface area contributed by atoms with E-state index in [9.17, 15) is 0 Å². The molecule has 0 aromatic heterocycles. The van der Waals surface area contributed by atoms with Crippen molar-refractivity contribution in [2.45, 2.75) is 51.6 Å². The summed E-state index contributed by atoms with van der Waals surface area (Å²) in [7, 11) is 0. The molecule has 2 N–H and O–H groups in total. The maximum atomic E-state index is 6.33. The van der Waals surface area contributed by atoms with Crippen LogP contribution in [0.15, 0.2) is 0 Å². The highest BCUT2D eigenvalue weighted by Gasteiger charge is 2.42. The Morgan fingerprint density at radius 1 is 1.22 bits per heavy atom. The normalized spacial score (nSPS) is 44.8. The molecule has 2 aliphatic heterocycles. The number of likely N-dealkylation sites (tertiary alicyclic amines) is 1. The number of hydrogen-bond acceptors (Lipinski definition) is 3. The van der Waals surface area contributed by atoms with E-state index in [1.165, 1.54) is 50.3 Å². The maximum absolute atomic E-state index is 6.33. The summed E-state index contributed by atoms with van der Waals surface area (Å²) in [6, 6.07) is 1.30. The summed E-state index contributed by atoms with van der Waals surface area (Å²) in [5.74, 6) is 4.39. The van der Waals surface area contributed by atoms with Gasteiger partial charge < -0.3 is 5.73 Å². The van der Waals surface area contributed by atoms with E-state index >= 15 is 0 Å². The Morgan fingerprint density at radius 3 is 2.78 bits per heavy atom. The van der Waals surface area contributed by atoms with Gasteiger partial charge in [0, 0.05) is 30.9 Å². The first-order chi connectivity index (χ1) is 8.55. The van der Waals surface area contributed by atoms with E-state index in [-0.39, 0.29) is 0 Å². The molecule has 0 aromatic rings. The van der Waals surface area contributed by atoms with Crippen LogP contribution in [0.1, 0.15) is 39.5 Å². The second-order valence-electron chi connectivity index (χ2n) is 7.51. The van der Waals surface area contributed by atoms with Crippen molar-refractivity contribution < 1.29 is 0 Å². The predicted molar refractivity (Wildman–Crippen MR) is 79.9 cm³/mol. The zero-order valence-electron chi connectivity index (χ0n) is 11.9. The van der Waals surface area contributed by atoms with Gasteiger partial charge in [-0.2, -0.15) is 11.8 Å². The van der Waals surface area contributed by atoms with Gasteiger partial charge in [0.2, 0.25) is 0 Å². The number of nitrogens with zero attached hydrogens (tertiary/aromatic N) is 1. The summed E-state index contributed by atoms with van der Waals surface area (Å²) in [4.78, 5) is 2.79. The fourth-order valence-electron chi connectivity index (χ4n) is 4.31. The van der Waals surface area contributed by atoms with Crippen molar-refractivity contribution in [3.05, 3.63) is 0 Å². The SMILES string of the molecule is CC1(C)CSCC(N2CC3CCCC(N)C3C2)C1.